The van der Waals surface area contributed by atoms with Crippen molar-refractivity contribution < 1.29 is 14.0 Å². The van der Waals surface area contributed by atoms with Crippen LogP contribution in [0.25, 0.3) is 0 Å². The van der Waals surface area contributed by atoms with Gasteiger partial charge in [0, 0.05) is 19.4 Å². The number of likely N-dealkylation sites (tertiary alicyclic amines) is 1. The van der Waals surface area contributed by atoms with Crippen LogP contribution in [0.5, 0.6) is 0 Å². The molecule has 1 aromatic rings. The highest BCUT2D eigenvalue weighted by atomic mass is 19.1. The van der Waals surface area contributed by atoms with E-state index in [1.807, 2.05) is 0 Å². The second-order valence-electron chi connectivity index (χ2n) is 5.42. The normalized spacial score (nSPS) is 26.7. The van der Waals surface area contributed by atoms with E-state index in [0.717, 1.165) is 18.4 Å². The summed E-state index contributed by atoms with van der Waals surface area (Å²) in [5.41, 5.74) is 0.743. The van der Waals surface area contributed by atoms with Crippen LogP contribution in [0.15, 0.2) is 24.3 Å². The maximum Gasteiger partial charge on any atom is 0.223 e. The van der Waals surface area contributed by atoms with E-state index in [2.05, 4.69) is 0 Å². The monoisotopic (exact) mass is 261 g/mol. The zero-order chi connectivity index (χ0) is 13.4. The molecule has 1 saturated carbocycles. The number of hydrogen-bond acceptors (Lipinski definition) is 2. The van der Waals surface area contributed by atoms with Gasteiger partial charge in [-0.15, -0.1) is 0 Å². The molecule has 19 heavy (non-hydrogen) atoms. The molecule has 1 amide bonds. The third-order valence-electron chi connectivity index (χ3n) is 4.11. The number of Topliss-reactive ketones (excluding diaryl/α,β-unsaturated/α-hetero) is 1. The molecule has 0 radical (unpaired) electrons. The van der Waals surface area contributed by atoms with Gasteiger partial charge in [0.15, 0.2) is 5.78 Å². The summed E-state index contributed by atoms with van der Waals surface area (Å²) in [6, 6.07) is 5.95. The van der Waals surface area contributed by atoms with E-state index < -0.39 is 0 Å². The minimum atomic E-state index is -0.310. The third-order valence-corrected chi connectivity index (χ3v) is 4.11. The molecule has 4 heteroatoms. The van der Waals surface area contributed by atoms with Gasteiger partial charge in [-0.3, -0.25) is 9.59 Å². The molecule has 2 atom stereocenters. The summed E-state index contributed by atoms with van der Waals surface area (Å²) in [6.07, 6.45) is 2.86. The number of halogens is 1. The van der Waals surface area contributed by atoms with Gasteiger partial charge in [0.05, 0.1) is 6.04 Å². The Balaban J connectivity index is 1.83. The molecule has 1 aliphatic heterocycles. The highest BCUT2D eigenvalue weighted by Gasteiger charge is 2.45. The minimum Gasteiger partial charge on any atom is -0.328 e. The molecule has 0 bridgehead atoms. The largest absolute Gasteiger partial charge is 0.328 e. The summed E-state index contributed by atoms with van der Waals surface area (Å²) in [5, 5.41) is 0. The van der Waals surface area contributed by atoms with Crippen molar-refractivity contribution in [1.82, 2.24) is 4.90 Å². The van der Waals surface area contributed by atoms with Crippen molar-refractivity contribution in [2.24, 2.45) is 5.92 Å². The molecule has 1 saturated heterocycles. The van der Waals surface area contributed by atoms with Crippen molar-refractivity contribution in [1.29, 1.82) is 0 Å². The Labute approximate surface area is 111 Å². The van der Waals surface area contributed by atoms with Crippen LogP contribution in [0.1, 0.15) is 31.2 Å². The average Bonchev–Trinajstić information content (AvgIpc) is 2.67. The molecule has 2 aliphatic rings. The first kappa shape index (κ1) is 12.3. The quantitative estimate of drug-likeness (QED) is 0.819. The molecule has 100 valence electrons. The first-order chi connectivity index (χ1) is 9.15. The maximum absolute atomic E-state index is 13.2. The van der Waals surface area contributed by atoms with Crippen LogP contribution in [0.3, 0.4) is 0 Å². The van der Waals surface area contributed by atoms with Crippen LogP contribution in [0.2, 0.25) is 0 Å². The second-order valence-corrected chi connectivity index (χ2v) is 5.42. The van der Waals surface area contributed by atoms with E-state index >= 15 is 0 Å². The summed E-state index contributed by atoms with van der Waals surface area (Å²) in [7, 11) is 0. The Kier molecular flexibility index (Phi) is 3.09. The topological polar surface area (TPSA) is 37.4 Å². The standard InChI is InChI=1S/C15H16FNO2/c16-12-5-1-3-10(7-12)9-17-14(19)8-11-4-2-6-13(18)15(11)17/h1,3,5,7,11,15H,2,4,6,8-9H2/t11-,15+/m1/s1. The highest BCUT2D eigenvalue weighted by Crippen LogP contribution is 2.35. The summed E-state index contributed by atoms with van der Waals surface area (Å²) in [4.78, 5) is 25.7. The van der Waals surface area contributed by atoms with E-state index in [4.69, 9.17) is 0 Å². The first-order valence-corrected chi connectivity index (χ1v) is 6.72. The van der Waals surface area contributed by atoms with E-state index in [1.165, 1.54) is 12.1 Å². The SMILES string of the molecule is O=C1CCC[C@@H]2CC(=O)N(Cc3cccc(F)c3)[C@H]12. The van der Waals surface area contributed by atoms with Crippen molar-refractivity contribution in [3.63, 3.8) is 0 Å². The molecular weight excluding hydrogens is 245 g/mol. The Hall–Kier alpha value is -1.71. The number of carbonyl (C=O) groups is 2. The van der Waals surface area contributed by atoms with Gasteiger partial charge in [0.25, 0.3) is 0 Å². The molecule has 0 spiro atoms. The number of hydrogen-bond donors (Lipinski definition) is 0. The van der Waals surface area contributed by atoms with Gasteiger partial charge >= 0.3 is 0 Å². The maximum atomic E-state index is 13.2. The molecule has 3 rings (SSSR count). The number of fused-ring (bicyclic) bond motifs is 1. The van der Waals surface area contributed by atoms with Crippen LogP contribution in [0, 0.1) is 11.7 Å². The van der Waals surface area contributed by atoms with Gasteiger partial charge in [0.1, 0.15) is 5.82 Å². The number of ketones is 1. The lowest BCUT2D eigenvalue weighted by Gasteiger charge is -2.30. The first-order valence-electron chi connectivity index (χ1n) is 6.72. The number of rotatable bonds is 2. The lowest BCUT2D eigenvalue weighted by molar-refractivity contribution is -0.135. The summed E-state index contributed by atoms with van der Waals surface area (Å²) >= 11 is 0. The predicted molar refractivity (Wildman–Crippen MR) is 67.7 cm³/mol. The predicted octanol–water partition coefficient (Wildman–Crippen LogP) is 2.30. The van der Waals surface area contributed by atoms with Crippen LogP contribution in [-0.4, -0.2) is 22.6 Å². The van der Waals surface area contributed by atoms with Gasteiger partial charge in [-0.1, -0.05) is 12.1 Å². The molecule has 1 heterocycles. The van der Waals surface area contributed by atoms with Crippen LogP contribution >= 0.6 is 0 Å². The Morgan fingerprint density at radius 3 is 2.95 bits per heavy atom. The lowest BCUT2D eigenvalue weighted by Crippen LogP contribution is -2.42. The molecule has 1 aromatic carbocycles. The van der Waals surface area contributed by atoms with Gasteiger partial charge < -0.3 is 4.90 Å². The number of benzene rings is 1. The fourth-order valence-corrected chi connectivity index (χ4v) is 3.26. The van der Waals surface area contributed by atoms with Crippen molar-refractivity contribution >= 4 is 11.7 Å². The van der Waals surface area contributed by atoms with Crippen molar-refractivity contribution in [3.05, 3.63) is 35.6 Å². The molecule has 0 N–H and O–H groups in total. The van der Waals surface area contributed by atoms with Crippen molar-refractivity contribution in [2.75, 3.05) is 0 Å². The van der Waals surface area contributed by atoms with Crippen LogP contribution in [0.4, 0.5) is 4.39 Å². The van der Waals surface area contributed by atoms with Crippen LogP contribution in [-0.2, 0) is 16.1 Å². The van der Waals surface area contributed by atoms with E-state index in [0.29, 0.717) is 19.4 Å². The van der Waals surface area contributed by atoms with Crippen LogP contribution < -0.4 is 0 Å². The fourth-order valence-electron chi connectivity index (χ4n) is 3.26. The third kappa shape index (κ3) is 2.27. The smallest absolute Gasteiger partial charge is 0.223 e. The lowest BCUT2D eigenvalue weighted by atomic mass is 9.84. The Bertz CT molecular complexity index is 529. The summed E-state index contributed by atoms with van der Waals surface area (Å²) < 4.78 is 13.2. The summed E-state index contributed by atoms with van der Waals surface area (Å²) in [5.74, 6) is 0.0472. The minimum absolute atomic E-state index is 0.0227. The highest BCUT2D eigenvalue weighted by molar-refractivity contribution is 5.93. The number of nitrogens with zero attached hydrogens (tertiary/aromatic N) is 1. The van der Waals surface area contributed by atoms with Gasteiger partial charge in [-0.25, -0.2) is 4.39 Å². The molecule has 3 nitrogen and oxygen atoms in total. The molecule has 0 unspecified atom stereocenters. The number of amides is 1. The summed E-state index contributed by atoms with van der Waals surface area (Å²) in [6.45, 7) is 0.337. The second kappa shape index (κ2) is 4.76. The fraction of sp³-hybridized carbons (Fsp3) is 0.467. The molecule has 1 aliphatic carbocycles. The van der Waals surface area contributed by atoms with Gasteiger partial charge in [0.2, 0.25) is 5.91 Å². The van der Waals surface area contributed by atoms with E-state index in [-0.39, 0.29) is 29.5 Å². The molecular formula is C15H16FNO2. The van der Waals surface area contributed by atoms with E-state index in [9.17, 15) is 14.0 Å². The number of carbonyl (C=O) groups excluding carboxylic acids is 2. The molecule has 0 aromatic heterocycles. The average molecular weight is 261 g/mol. The Morgan fingerprint density at radius 2 is 2.16 bits per heavy atom. The van der Waals surface area contributed by atoms with Gasteiger partial charge in [-0.2, -0.15) is 0 Å². The van der Waals surface area contributed by atoms with Crippen molar-refractivity contribution in [2.45, 2.75) is 38.3 Å². The van der Waals surface area contributed by atoms with Crippen molar-refractivity contribution in [3.8, 4) is 0 Å². The zero-order valence-corrected chi connectivity index (χ0v) is 10.6. The zero-order valence-electron chi connectivity index (χ0n) is 10.6. The van der Waals surface area contributed by atoms with E-state index in [1.54, 1.807) is 17.0 Å². The Morgan fingerprint density at radius 1 is 1.32 bits per heavy atom. The van der Waals surface area contributed by atoms with Gasteiger partial charge in [-0.05, 0) is 36.5 Å². The molecule has 2 fully saturated rings.